The summed E-state index contributed by atoms with van der Waals surface area (Å²) in [5, 5.41) is 26.7. The Morgan fingerprint density at radius 2 is 1.75 bits per heavy atom. The fourth-order valence-corrected chi connectivity index (χ4v) is 4.60. The maximum absolute atomic E-state index is 12.8. The van der Waals surface area contributed by atoms with Crippen LogP contribution in [0.1, 0.15) is 58.9 Å². The van der Waals surface area contributed by atoms with Crippen molar-refractivity contribution in [3.05, 3.63) is 64.2 Å². The van der Waals surface area contributed by atoms with E-state index in [1.807, 2.05) is 6.92 Å². The van der Waals surface area contributed by atoms with E-state index in [1.165, 1.54) is 30.3 Å². The van der Waals surface area contributed by atoms with Gasteiger partial charge in [-0.2, -0.15) is 0 Å². The maximum Gasteiger partial charge on any atom is 0.328 e. The van der Waals surface area contributed by atoms with Crippen LogP contribution in [0.2, 0.25) is 5.02 Å². The van der Waals surface area contributed by atoms with E-state index in [1.54, 1.807) is 17.0 Å². The largest absolute Gasteiger partial charge is 0.508 e. The van der Waals surface area contributed by atoms with E-state index in [0.29, 0.717) is 37.9 Å². The van der Waals surface area contributed by atoms with Crippen molar-refractivity contribution in [2.24, 2.45) is 5.92 Å². The number of aliphatic carboxylic acids is 1. The van der Waals surface area contributed by atoms with Gasteiger partial charge in [-0.15, -0.1) is 0 Å². The average Bonchev–Trinajstić information content (AvgIpc) is 2.93. The van der Waals surface area contributed by atoms with Crippen LogP contribution in [0.3, 0.4) is 0 Å². The molecule has 1 aliphatic heterocycles. The molecule has 3 rings (SSSR count). The summed E-state index contributed by atoms with van der Waals surface area (Å²) >= 11 is 6.23. The molecule has 0 aromatic heterocycles. The number of phenolic OH excluding ortho intramolecular Hbond substituents is 1. The number of rotatable bonds is 11. The Balaban J connectivity index is 1.52. The van der Waals surface area contributed by atoms with Gasteiger partial charge in [0.2, 0.25) is 11.8 Å². The highest BCUT2D eigenvalue weighted by Gasteiger charge is 2.29. The van der Waals surface area contributed by atoms with E-state index in [-0.39, 0.29) is 52.7 Å². The molecule has 214 valence electrons. The van der Waals surface area contributed by atoms with Gasteiger partial charge in [-0.1, -0.05) is 30.7 Å². The first-order chi connectivity index (χ1) is 19.1. The molecule has 1 aliphatic rings. The molecule has 0 bridgehead atoms. The number of carbonyl (C=O) groups excluding carboxylic acids is 4. The molecule has 40 heavy (non-hydrogen) atoms. The van der Waals surface area contributed by atoms with E-state index < -0.39 is 23.8 Å². The summed E-state index contributed by atoms with van der Waals surface area (Å²) < 4.78 is 0. The minimum atomic E-state index is -1.41. The smallest absolute Gasteiger partial charge is 0.328 e. The van der Waals surface area contributed by atoms with Gasteiger partial charge in [0.1, 0.15) is 11.8 Å². The second-order valence-corrected chi connectivity index (χ2v) is 9.97. The monoisotopic (exact) mass is 572 g/mol. The zero-order valence-electron chi connectivity index (χ0n) is 22.1. The van der Waals surface area contributed by atoms with Gasteiger partial charge < -0.3 is 31.1 Å². The Morgan fingerprint density at radius 1 is 1.02 bits per heavy atom. The Bertz CT molecular complexity index is 1260. The molecule has 12 heteroatoms. The minimum absolute atomic E-state index is 0.0344. The summed E-state index contributed by atoms with van der Waals surface area (Å²) in [6.45, 7) is 2.70. The lowest BCUT2D eigenvalue weighted by Crippen LogP contribution is -2.50. The summed E-state index contributed by atoms with van der Waals surface area (Å²) in [6.07, 6.45) is 2.19. The predicted octanol–water partition coefficient (Wildman–Crippen LogP) is 2.31. The highest BCUT2D eigenvalue weighted by Crippen LogP contribution is 2.20. The Labute approximate surface area is 236 Å². The first-order valence-corrected chi connectivity index (χ1v) is 13.4. The van der Waals surface area contributed by atoms with Crippen molar-refractivity contribution in [3.8, 4) is 5.75 Å². The van der Waals surface area contributed by atoms with Gasteiger partial charge in [0, 0.05) is 44.1 Å². The van der Waals surface area contributed by atoms with E-state index in [0.717, 1.165) is 6.42 Å². The Hall–Kier alpha value is -4.12. The summed E-state index contributed by atoms with van der Waals surface area (Å²) in [5.41, 5.74) is 0.842. The molecule has 11 nitrogen and oxygen atoms in total. The topological polar surface area (TPSA) is 165 Å². The number of hydrogen-bond acceptors (Lipinski definition) is 6. The first-order valence-electron chi connectivity index (χ1n) is 13.0. The van der Waals surface area contributed by atoms with Crippen molar-refractivity contribution in [2.45, 2.75) is 45.2 Å². The van der Waals surface area contributed by atoms with Crippen LogP contribution in [0.15, 0.2) is 42.5 Å². The summed E-state index contributed by atoms with van der Waals surface area (Å²) in [5.74, 6) is -3.11. The SMILES string of the molecule is CCCC(=O)N1CCC(C(=O)NC[C@H](NC(=O)c2ccc(C(=O)NCc3cccc(O)c3)cc2Cl)C(=O)O)CC1. The third kappa shape index (κ3) is 8.44. The van der Waals surface area contributed by atoms with Gasteiger partial charge in [0.25, 0.3) is 11.8 Å². The van der Waals surface area contributed by atoms with Crippen LogP contribution in [0, 0.1) is 5.92 Å². The summed E-state index contributed by atoms with van der Waals surface area (Å²) in [7, 11) is 0. The number of carbonyl (C=O) groups is 5. The van der Waals surface area contributed by atoms with Crippen LogP contribution >= 0.6 is 11.6 Å². The molecule has 0 spiro atoms. The van der Waals surface area contributed by atoms with Crippen molar-refractivity contribution in [3.63, 3.8) is 0 Å². The number of aromatic hydroxyl groups is 1. The van der Waals surface area contributed by atoms with Gasteiger partial charge in [-0.05, 0) is 55.2 Å². The second-order valence-electron chi connectivity index (χ2n) is 9.56. The Kier molecular flexibility index (Phi) is 10.9. The molecule has 5 N–H and O–H groups in total. The number of piperidine rings is 1. The third-order valence-electron chi connectivity index (χ3n) is 6.61. The van der Waals surface area contributed by atoms with Crippen LogP contribution in [-0.2, 0) is 20.9 Å². The molecule has 0 aliphatic carbocycles. The van der Waals surface area contributed by atoms with Crippen molar-refractivity contribution in [1.82, 2.24) is 20.9 Å². The summed E-state index contributed by atoms with van der Waals surface area (Å²) in [4.78, 5) is 63.4. The molecule has 0 saturated carbocycles. The van der Waals surface area contributed by atoms with Crippen LogP contribution in [0.25, 0.3) is 0 Å². The number of phenols is 1. The minimum Gasteiger partial charge on any atom is -0.508 e. The average molecular weight is 573 g/mol. The molecule has 4 amide bonds. The lowest BCUT2D eigenvalue weighted by Gasteiger charge is -2.31. The molecular formula is C28H33ClN4O7. The zero-order chi connectivity index (χ0) is 29.2. The fourth-order valence-electron chi connectivity index (χ4n) is 4.34. The molecule has 1 atom stereocenters. The van der Waals surface area contributed by atoms with Gasteiger partial charge in [-0.3, -0.25) is 19.2 Å². The lowest BCUT2D eigenvalue weighted by atomic mass is 9.95. The number of carboxylic acids is 1. The summed E-state index contributed by atoms with van der Waals surface area (Å²) in [6, 6.07) is 8.99. The van der Waals surface area contributed by atoms with Crippen molar-refractivity contribution in [1.29, 1.82) is 0 Å². The van der Waals surface area contributed by atoms with Crippen molar-refractivity contribution >= 4 is 41.2 Å². The van der Waals surface area contributed by atoms with Gasteiger partial charge in [0.05, 0.1) is 10.6 Å². The van der Waals surface area contributed by atoms with Gasteiger partial charge in [-0.25, -0.2) is 4.79 Å². The zero-order valence-corrected chi connectivity index (χ0v) is 22.9. The number of carboxylic acid groups (broad SMARTS) is 1. The predicted molar refractivity (Wildman–Crippen MR) is 147 cm³/mol. The van der Waals surface area contributed by atoms with E-state index >= 15 is 0 Å². The number of nitrogens with zero attached hydrogens (tertiary/aromatic N) is 1. The number of amides is 4. The molecule has 0 unspecified atom stereocenters. The quantitative estimate of drug-likeness (QED) is 0.275. The normalized spacial score (nSPS) is 14.2. The van der Waals surface area contributed by atoms with Crippen molar-refractivity contribution in [2.75, 3.05) is 19.6 Å². The number of likely N-dealkylation sites (tertiary alicyclic amines) is 1. The molecule has 2 aromatic carbocycles. The highest BCUT2D eigenvalue weighted by molar-refractivity contribution is 6.34. The molecule has 1 saturated heterocycles. The molecule has 0 radical (unpaired) electrons. The van der Waals surface area contributed by atoms with E-state index in [4.69, 9.17) is 11.6 Å². The van der Waals surface area contributed by atoms with Crippen LogP contribution < -0.4 is 16.0 Å². The van der Waals surface area contributed by atoms with Gasteiger partial charge >= 0.3 is 5.97 Å². The van der Waals surface area contributed by atoms with E-state index in [9.17, 15) is 34.2 Å². The van der Waals surface area contributed by atoms with E-state index in [2.05, 4.69) is 16.0 Å². The number of hydrogen-bond donors (Lipinski definition) is 5. The molecule has 1 heterocycles. The number of halogens is 1. The van der Waals surface area contributed by atoms with Crippen LogP contribution in [0.5, 0.6) is 5.75 Å². The molecule has 1 fully saturated rings. The second kappa shape index (κ2) is 14.3. The first kappa shape index (κ1) is 30.4. The number of nitrogens with one attached hydrogen (secondary N) is 3. The standard InChI is InChI=1S/C28H33ClN4O7/c1-2-4-24(35)33-11-9-18(10-12-33)25(36)31-16-23(28(39)40)32-27(38)21-8-7-19(14-22(21)29)26(37)30-15-17-5-3-6-20(34)13-17/h3,5-8,13-14,18,23,34H,2,4,9-12,15-16H2,1H3,(H,30,37)(H,31,36)(H,32,38)(H,39,40)/t23-/m0/s1. The Morgan fingerprint density at radius 3 is 2.38 bits per heavy atom. The van der Waals surface area contributed by atoms with Crippen molar-refractivity contribution < 1.29 is 34.2 Å². The maximum atomic E-state index is 12.8. The molecule has 2 aromatic rings. The van der Waals surface area contributed by atoms with Crippen LogP contribution in [0.4, 0.5) is 0 Å². The van der Waals surface area contributed by atoms with Gasteiger partial charge in [0.15, 0.2) is 0 Å². The van der Waals surface area contributed by atoms with Crippen LogP contribution in [-0.4, -0.2) is 70.4 Å². The number of benzene rings is 2. The third-order valence-corrected chi connectivity index (χ3v) is 6.92. The highest BCUT2D eigenvalue weighted by atomic mass is 35.5. The fraction of sp³-hybridized carbons (Fsp3) is 0.393. The molecular weight excluding hydrogens is 540 g/mol. The lowest BCUT2D eigenvalue weighted by molar-refractivity contribution is -0.139.